The molecule has 2 heterocycles. The molecule has 132 valence electrons. The minimum Gasteiger partial charge on any atom is -0.340 e. The van der Waals surface area contributed by atoms with Crippen LogP contribution < -0.4 is 4.90 Å². The number of anilines is 1. The van der Waals surface area contributed by atoms with Gasteiger partial charge in [-0.25, -0.2) is 0 Å². The molecule has 5 heteroatoms. The zero-order chi connectivity index (χ0) is 18.0. The fourth-order valence-electron chi connectivity index (χ4n) is 3.21. The van der Waals surface area contributed by atoms with Gasteiger partial charge in [0.1, 0.15) is 0 Å². The highest BCUT2D eigenvalue weighted by Gasteiger charge is 2.36. The zero-order valence-corrected chi connectivity index (χ0v) is 15.8. The van der Waals surface area contributed by atoms with E-state index in [0.717, 1.165) is 12.1 Å². The van der Waals surface area contributed by atoms with E-state index in [4.69, 9.17) is 0 Å². The molecule has 0 aliphatic carbocycles. The number of carbonyl (C=O) groups is 2. The lowest BCUT2D eigenvalue weighted by Gasteiger charge is -2.21. The van der Waals surface area contributed by atoms with Crippen LogP contribution in [-0.4, -0.2) is 30.3 Å². The molecule has 0 radical (unpaired) electrons. The highest BCUT2D eigenvalue weighted by molar-refractivity contribution is 7.10. The van der Waals surface area contributed by atoms with Crippen LogP contribution in [-0.2, 0) is 22.6 Å². The van der Waals surface area contributed by atoms with Gasteiger partial charge >= 0.3 is 0 Å². The van der Waals surface area contributed by atoms with E-state index in [-0.39, 0.29) is 17.7 Å². The molecule has 4 nitrogen and oxygen atoms in total. The molecule has 1 aromatic carbocycles. The summed E-state index contributed by atoms with van der Waals surface area (Å²) >= 11 is 1.67. The van der Waals surface area contributed by atoms with Crippen molar-refractivity contribution in [1.29, 1.82) is 0 Å². The van der Waals surface area contributed by atoms with E-state index in [1.807, 2.05) is 36.7 Å². The standard InChI is InChI=1S/C20H24N2O2S/c1-4-15-5-7-17(8-6-15)22-12-16(11-19(22)23)20(24)21(3)13-18-14(2)9-10-25-18/h5-10,16H,4,11-13H2,1-3H3/t16-/m0/s1. The monoisotopic (exact) mass is 356 g/mol. The van der Waals surface area contributed by atoms with E-state index in [1.165, 1.54) is 16.0 Å². The molecule has 1 fully saturated rings. The molecule has 0 unspecified atom stereocenters. The van der Waals surface area contributed by atoms with Crippen LogP contribution in [0, 0.1) is 12.8 Å². The van der Waals surface area contributed by atoms with Crippen LogP contribution in [0.25, 0.3) is 0 Å². The maximum atomic E-state index is 12.8. The van der Waals surface area contributed by atoms with Crippen molar-refractivity contribution >= 4 is 28.8 Å². The Bertz CT molecular complexity index is 766. The maximum absolute atomic E-state index is 12.8. The van der Waals surface area contributed by atoms with Gasteiger partial charge in [-0.05, 0) is 48.1 Å². The Labute approximate surface area is 153 Å². The van der Waals surface area contributed by atoms with E-state index < -0.39 is 0 Å². The number of thiophene rings is 1. The zero-order valence-electron chi connectivity index (χ0n) is 15.0. The Morgan fingerprint density at radius 3 is 2.60 bits per heavy atom. The molecule has 1 aliphatic heterocycles. The minimum atomic E-state index is -0.261. The second-order valence-electron chi connectivity index (χ2n) is 6.65. The molecule has 0 spiro atoms. The Morgan fingerprint density at radius 1 is 1.28 bits per heavy atom. The lowest BCUT2D eigenvalue weighted by Crippen LogP contribution is -2.34. The summed E-state index contributed by atoms with van der Waals surface area (Å²) in [5, 5.41) is 2.05. The summed E-state index contributed by atoms with van der Waals surface area (Å²) < 4.78 is 0. The Hall–Kier alpha value is -2.14. The van der Waals surface area contributed by atoms with Crippen molar-refractivity contribution in [3.8, 4) is 0 Å². The average Bonchev–Trinajstić information content (AvgIpc) is 3.20. The normalized spacial score (nSPS) is 17.2. The van der Waals surface area contributed by atoms with Gasteiger partial charge in [0.15, 0.2) is 0 Å². The van der Waals surface area contributed by atoms with Gasteiger partial charge in [0.25, 0.3) is 0 Å². The fraction of sp³-hybridized carbons (Fsp3) is 0.400. The smallest absolute Gasteiger partial charge is 0.228 e. The van der Waals surface area contributed by atoms with Gasteiger partial charge in [0.2, 0.25) is 11.8 Å². The molecule has 1 atom stereocenters. The van der Waals surface area contributed by atoms with Crippen LogP contribution in [0.3, 0.4) is 0 Å². The number of benzene rings is 1. The summed E-state index contributed by atoms with van der Waals surface area (Å²) in [5.41, 5.74) is 3.34. The number of hydrogen-bond donors (Lipinski definition) is 0. The summed E-state index contributed by atoms with van der Waals surface area (Å²) in [6, 6.07) is 10.1. The van der Waals surface area contributed by atoms with E-state index >= 15 is 0 Å². The van der Waals surface area contributed by atoms with Crippen molar-refractivity contribution in [2.75, 3.05) is 18.5 Å². The van der Waals surface area contributed by atoms with E-state index in [9.17, 15) is 9.59 Å². The summed E-state index contributed by atoms with van der Waals surface area (Å²) in [7, 11) is 1.82. The first-order valence-corrected chi connectivity index (χ1v) is 9.54. The maximum Gasteiger partial charge on any atom is 0.228 e. The molecular weight excluding hydrogens is 332 g/mol. The van der Waals surface area contributed by atoms with Gasteiger partial charge in [0, 0.05) is 30.6 Å². The first kappa shape index (κ1) is 17.7. The van der Waals surface area contributed by atoms with Gasteiger partial charge in [-0.3, -0.25) is 9.59 Å². The van der Waals surface area contributed by atoms with Crippen molar-refractivity contribution in [3.05, 3.63) is 51.7 Å². The van der Waals surface area contributed by atoms with Crippen LogP contribution in [0.2, 0.25) is 0 Å². The number of hydrogen-bond acceptors (Lipinski definition) is 3. The van der Waals surface area contributed by atoms with Crippen molar-refractivity contribution < 1.29 is 9.59 Å². The number of amides is 2. The average molecular weight is 356 g/mol. The predicted molar refractivity (Wildman–Crippen MR) is 102 cm³/mol. The highest BCUT2D eigenvalue weighted by atomic mass is 32.1. The van der Waals surface area contributed by atoms with Crippen molar-refractivity contribution in [2.24, 2.45) is 5.92 Å². The molecule has 0 N–H and O–H groups in total. The van der Waals surface area contributed by atoms with Crippen LogP contribution in [0.15, 0.2) is 35.7 Å². The highest BCUT2D eigenvalue weighted by Crippen LogP contribution is 2.27. The minimum absolute atomic E-state index is 0.0308. The van der Waals surface area contributed by atoms with Crippen LogP contribution in [0.4, 0.5) is 5.69 Å². The summed E-state index contributed by atoms with van der Waals surface area (Å²) in [6.07, 6.45) is 1.27. The summed E-state index contributed by atoms with van der Waals surface area (Å²) in [6.45, 7) is 5.25. The molecular formula is C20H24N2O2S. The lowest BCUT2D eigenvalue weighted by atomic mass is 10.1. The third kappa shape index (κ3) is 3.76. The quantitative estimate of drug-likeness (QED) is 0.821. The van der Waals surface area contributed by atoms with Crippen LogP contribution >= 0.6 is 11.3 Å². The molecule has 0 bridgehead atoms. The van der Waals surface area contributed by atoms with Gasteiger partial charge in [-0.1, -0.05) is 19.1 Å². The summed E-state index contributed by atoms with van der Waals surface area (Å²) in [4.78, 5) is 29.8. The largest absolute Gasteiger partial charge is 0.340 e. The molecule has 0 saturated carbocycles. The Morgan fingerprint density at radius 2 is 2.00 bits per heavy atom. The third-order valence-electron chi connectivity index (χ3n) is 4.86. The first-order chi connectivity index (χ1) is 12.0. The van der Waals surface area contributed by atoms with Gasteiger partial charge < -0.3 is 9.80 Å². The SMILES string of the molecule is CCc1ccc(N2C[C@@H](C(=O)N(C)Cc3sccc3C)CC2=O)cc1. The van der Waals surface area contributed by atoms with Gasteiger partial charge in [-0.2, -0.15) is 0 Å². The summed E-state index contributed by atoms with van der Waals surface area (Å²) in [5.74, 6) is -0.180. The van der Waals surface area contributed by atoms with Crippen LogP contribution in [0.1, 0.15) is 29.3 Å². The topological polar surface area (TPSA) is 40.6 Å². The lowest BCUT2D eigenvalue weighted by molar-refractivity contribution is -0.135. The molecule has 1 saturated heterocycles. The number of rotatable bonds is 5. The first-order valence-electron chi connectivity index (χ1n) is 8.66. The molecule has 1 aliphatic rings. The van der Waals surface area contributed by atoms with E-state index in [0.29, 0.717) is 19.5 Å². The Balaban J connectivity index is 1.66. The van der Waals surface area contributed by atoms with Gasteiger partial charge in [0.05, 0.1) is 12.5 Å². The number of nitrogens with zero attached hydrogens (tertiary/aromatic N) is 2. The molecule has 2 aromatic rings. The van der Waals surface area contributed by atoms with Crippen LogP contribution in [0.5, 0.6) is 0 Å². The Kier molecular flexibility index (Phi) is 5.23. The molecule has 3 rings (SSSR count). The van der Waals surface area contributed by atoms with Crippen molar-refractivity contribution in [3.63, 3.8) is 0 Å². The predicted octanol–water partition coefficient (Wildman–Crippen LogP) is 3.63. The van der Waals surface area contributed by atoms with Crippen molar-refractivity contribution in [2.45, 2.75) is 33.2 Å². The number of carbonyl (C=O) groups excluding carboxylic acids is 2. The fourth-order valence-corrected chi connectivity index (χ4v) is 4.16. The molecule has 2 amide bonds. The van der Waals surface area contributed by atoms with E-state index in [1.54, 1.807) is 21.1 Å². The second-order valence-corrected chi connectivity index (χ2v) is 7.65. The second kappa shape index (κ2) is 7.40. The third-order valence-corrected chi connectivity index (χ3v) is 5.86. The van der Waals surface area contributed by atoms with Gasteiger partial charge in [-0.15, -0.1) is 11.3 Å². The number of aryl methyl sites for hydroxylation is 2. The van der Waals surface area contributed by atoms with Crippen molar-refractivity contribution in [1.82, 2.24) is 4.90 Å². The molecule has 25 heavy (non-hydrogen) atoms. The van der Waals surface area contributed by atoms with E-state index in [2.05, 4.69) is 19.9 Å². The molecule has 1 aromatic heterocycles.